The number of carbonyl (C=O) groups excluding carboxylic acids is 2. The lowest BCUT2D eigenvalue weighted by molar-refractivity contribution is -0.124. The Balaban J connectivity index is 1.14. The van der Waals surface area contributed by atoms with Crippen molar-refractivity contribution in [1.29, 1.82) is 0 Å². The Morgan fingerprint density at radius 3 is 1.46 bits per heavy atom. The standard InChI is InChI=1S/C39H47N3O4/c1-30(2)41(36-21-17-33(18-22-36)27-32-13-7-5-8-14-32)38(43)28-45-25-11-12-26-46-29-39(44)42(31(3)4)37-23-19-35(20-24-37)40-34-15-9-6-10-16-34/h5-10,13-24,30-31,40H,11-12,25-29H2,1-4H3. The quantitative estimate of drug-likeness (QED) is 0.121. The summed E-state index contributed by atoms with van der Waals surface area (Å²) in [6.07, 6.45) is 2.33. The Morgan fingerprint density at radius 1 is 0.565 bits per heavy atom. The Kier molecular flexibility index (Phi) is 13.4. The van der Waals surface area contributed by atoms with Crippen LogP contribution >= 0.6 is 0 Å². The summed E-state index contributed by atoms with van der Waals surface area (Å²) in [6, 6.07) is 36.3. The van der Waals surface area contributed by atoms with Crippen LogP contribution in [0.1, 0.15) is 51.7 Å². The Bertz CT molecular complexity index is 1360. The van der Waals surface area contributed by atoms with Gasteiger partial charge in [0.15, 0.2) is 0 Å². The molecule has 0 bridgehead atoms. The third-order valence-corrected chi connectivity index (χ3v) is 7.52. The maximum absolute atomic E-state index is 13.0. The molecular weight excluding hydrogens is 574 g/mol. The van der Waals surface area contributed by atoms with Gasteiger partial charge in [0.05, 0.1) is 0 Å². The van der Waals surface area contributed by atoms with Gasteiger partial charge in [-0.1, -0.05) is 60.7 Å². The minimum atomic E-state index is -0.0810. The summed E-state index contributed by atoms with van der Waals surface area (Å²) in [5, 5.41) is 3.36. The van der Waals surface area contributed by atoms with Crippen molar-refractivity contribution in [3.05, 3.63) is 120 Å². The largest absolute Gasteiger partial charge is 0.372 e. The highest BCUT2D eigenvalue weighted by molar-refractivity contribution is 5.95. The number of nitrogens with one attached hydrogen (secondary N) is 1. The normalized spacial score (nSPS) is 11.1. The maximum atomic E-state index is 13.0. The molecule has 7 nitrogen and oxygen atoms in total. The van der Waals surface area contributed by atoms with Crippen LogP contribution in [-0.4, -0.2) is 50.3 Å². The Morgan fingerprint density at radius 2 is 0.978 bits per heavy atom. The molecule has 0 aliphatic heterocycles. The summed E-state index contributed by atoms with van der Waals surface area (Å²) < 4.78 is 11.4. The van der Waals surface area contributed by atoms with Gasteiger partial charge in [-0.25, -0.2) is 0 Å². The Hall–Kier alpha value is -4.46. The van der Waals surface area contributed by atoms with Crippen LogP contribution in [0.4, 0.5) is 22.7 Å². The van der Waals surface area contributed by atoms with Crippen LogP contribution in [0.25, 0.3) is 0 Å². The molecular formula is C39H47N3O4. The van der Waals surface area contributed by atoms with Gasteiger partial charge < -0.3 is 24.6 Å². The lowest BCUT2D eigenvalue weighted by Crippen LogP contribution is -2.39. The van der Waals surface area contributed by atoms with E-state index in [0.29, 0.717) is 13.2 Å². The molecule has 0 spiro atoms. The van der Waals surface area contributed by atoms with Gasteiger partial charge in [0.25, 0.3) is 11.8 Å². The topological polar surface area (TPSA) is 71.1 Å². The molecule has 0 heterocycles. The third-order valence-electron chi connectivity index (χ3n) is 7.52. The molecule has 0 saturated heterocycles. The average molecular weight is 622 g/mol. The molecule has 242 valence electrons. The molecule has 4 rings (SSSR count). The van der Waals surface area contributed by atoms with Crippen molar-refractivity contribution >= 4 is 34.6 Å². The van der Waals surface area contributed by atoms with Gasteiger partial charge in [-0.15, -0.1) is 0 Å². The molecule has 0 saturated carbocycles. The highest BCUT2D eigenvalue weighted by Gasteiger charge is 2.20. The summed E-state index contributed by atoms with van der Waals surface area (Å²) in [5.74, 6) is -0.146. The minimum Gasteiger partial charge on any atom is -0.372 e. The minimum absolute atomic E-state index is 0.00685. The van der Waals surface area contributed by atoms with Gasteiger partial charge in [0.1, 0.15) is 13.2 Å². The van der Waals surface area contributed by atoms with Crippen LogP contribution in [0, 0.1) is 0 Å². The molecule has 0 atom stereocenters. The first-order valence-electron chi connectivity index (χ1n) is 16.2. The summed E-state index contributed by atoms with van der Waals surface area (Å²) in [5.41, 5.74) is 6.13. The second-order valence-corrected chi connectivity index (χ2v) is 11.9. The monoisotopic (exact) mass is 621 g/mol. The number of anilines is 4. The zero-order chi connectivity index (χ0) is 32.7. The van der Waals surface area contributed by atoms with E-state index in [-0.39, 0.29) is 37.1 Å². The number of para-hydroxylation sites is 1. The highest BCUT2D eigenvalue weighted by Crippen LogP contribution is 2.23. The number of nitrogens with zero attached hydrogens (tertiary/aromatic N) is 2. The van der Waals surface area contributed by atoms with E-state index < -0.39 is 0 Å². The van der Waals surface area contributed by atoms with Gasteiger partial charge in [0.2, 0.25) is 0 Å². The number of hydrogen-bond acceptors (Lipinski definition) is 5. The van der Waals surface area contributed by atoms with Gasteiger partial charge in [-0.3, -0.25) is 9.59 Å². The van der Waals surface area contributed by atoms with Crippen molar-refractivity contribution < 1.29 is 19.1 Å². The highest BCUT2D eigenvalue weighted by atomic mass is 16.5. The number of amides is 2. The molecule has 46 heavy (non-hydrogen) atoms. The van der Waals surface area contributed by atoms with E-state index in [1.54, 1.807) is 9.80 Å². The van der Waals surface area contributed by atoms with E-state index in [9.17, 15) is 9.59 Å². The number of unbranched alkanes of at least 4 members (excludes halogenated alkanes) is 1. The smallest absolute Gasteiger partial charge is 0.253 e. The molecule has 7 heteroatoms. The number of hydrogen-bond donors (Lipinski definition) is 1. The maximum Gasteiger partial charge on any atom is 0.253 e. The molecule has 0 aliphatic carbocycles. The molecule has 4 aromatic rings. The van der Waals surface area contributed by atoms with Crippen molar-refractivity contribution in [3.63, 3.8) is 0 Å². The SMILES string of the molecule is CC(C)N(C(=O)COCCCCOCC(=O)N(c1ccc(Nc2ccccc2)cc1)C(C)C)c1ccc(Cc2ccccc2)cc1. The van der Waals surface area contributed by atoms with E-state index in [4.69, 9.17) is 9.47 Å². The van der Waals surface area contributed by atoms with Crippen LogP contribution < -0.4 is 15.1 Å². The summed E-state index contributed by atoms with van der Waals surface area (Å²) in [7, 11) is 0. The number of rotatable bonds is 17. The van der Waals surface area contributed by atoms with Crippen LogP contribution in [-0.2, 0) is 25.5 Å². The van der Waals surface area contributed by atoms with Crippen LogP contribution in [0.3, 0.4) is 0 Å². The van der Waals surface area contributed by atoms with Gasteiger partial charge in [0, 0.05) is 48.0 Å². The first kappa shape index (κ1) is 34.4. The summed E-state index contributed by atoms with van der Waals surface area (Å²) in [4.78, 5) is 29.6. The second kappa shape index (κ2) is 17.9. The van der Waals surface area contributed by atoms with Crippen molar-refractivity contribution in [3.8, 4) is 0 Å². The van der Waals surface area contributed by atoms with Crippen molar-refractivity contribution in [2.45, 2.75) is 59.0 Å². The Labute approximate surface area is 274 Å². The zero-order valence-corrected chi connectivity index (χ0v) is 27.5. The van der Waals surface area contributed by atoms with E-state index in [0.717, 1.165) is 42.0 Å². The molecule has 0 radical (unpaired) electrons. The molecule has 4 aromatic carbocycles. The lowest BCUT2D eigenvalue weighted by Gasteiger charge is -2.27. The van der Waals surface area contributed by atoms with Crippen molar-refractivity contribution in [2.75, 3.05) is 41.5 Å². The first-order chi connectivity index (χ1) is 22.3. The fraction of sp³-hybridized carbons (Fsp3) is 0.333. The number of carbonyl (C=O) groups is 2. The molecule has 2 amide bonds. The third kappa shape index (κ3) is 10.6. The second-order valence-electron chi connectivity index (χ2n) is 11.9. The molecule has 0 aromatic heterocycles. The summed E-state index contributed by atoms with van der Waals surface area (Å²) >= 11 is 0. The van der Waals surface area contributed by atoms with Gasteiger partial charge in [-0.05, 0) is 107 Å². The first-order valence-corrected chi connectivity index (χ1v) is 16.2. The number of ether oxygens (including phenoxy) is 2. The van der Waals surface area contributed by atoms with Crippen LogP contribution in [0.5, 0.6) is 0 Å². The van der Waals surface area contributed by atoms with Crippen molar-refractivity contribution in [1.82, 2.24) is 0 Å². The molecule has 1 N–H and O–H groups in total. The van der Waals surface area contributed by atoms with Gasteiger partial charge in [-0.2, -0.15) is 0 Å². The molecule has 0 fully saturated rings. The van der Waals surface area contributed by atoms with Crippen molar-refractivity contribution in [2.24, 2.45) is 0 Å². The van der Waals surface area contributed by atoms with E-state index >= 15 is 0 Å². The van der Waals surface area contributed by atoms with Crippen LogP contribution in [0.15, 0.2) is 109 Å². The fourth-order valence-electron chi connectivity index (χ4n) is 5.33. The number of benzene rings is 4. The predicted molar refractivity (Wildman–Crippen MR) is 188 cm³/mol. The summed E-state index contributed by atoms with van der Waals surface area (Å²) in [6.45, 7) is 8.93. The molecule has 0 aliphatic rings. The van der Waals surface area contributed by atoms with E-state index in [1.165, 1.54) is 11.1 Å². The zero-order valence-electron chi connectivity index (χ0n) is 27.5. The molecule has 0 unspecified atom stereocenters. The average Bonchev–Trinajstić information content (AvgIpc) is 3.05. The van der Waals surface area contributed by atoms with E-state index in [1.807, 2.05) is 113 Å². The lowest BCUT2D eigenvalue weighted by atomic mass is 10.0. The van der Waals surface area contributed by atoms with Gasteiger partial charge >= 0.3 is 0 Å². The van der Waals surface area contributed by atoms with Crippen LogP contribution in [0.2, 0.25) is 0 Å². The fourth-order valence-corrected chi connectivity index (χ4v) is 5.33. The van der Waals surface area contributed by atoms with E-state index in [2.05, 4.69) is 29.6 Å². The predicted octanol–water partition coefficient (Wildman–Crippen LogP) is 8.02.